The second kappa shape index (κ2) is 5.71. The van der Waals surface area contributed by atoms with Gasteiger partial charge in [-0.1, -0.05) is 24.3 Å². The third-order valence-corrected chi connectivity index (χ3v) is 4.48. The minimum Gasteiger partial charge on any atom is -0.381 e. The van der Waals surface area contributed by atoms with Crippen molar-refractivity contribution in [2.75, 3.05) is 11.9 Å². The number of morpholine rings is 1. The summed E-state index contributed by atoms with van der Waals surface area (Å²) in [5.74, 6) is -0.201. The van der Waals surface area contributed by atoms with Gasteiger partial charge in [0, 0.05) is 24.8 Å². The molecule has 0 radical (unpaired) electrons. The summed E-state index contributed by atoms with van der Waals surface area (Å²) in [7, 11) is 0. The van der Waals surface area contributed by atoms with Crippen LogP contribution in [-0.4, -0.2) is 18.7 Å². The molecule has 2 fully saturated rings. The molecule has 22 heavy (non-hydrogen) atoms. The van der Waals surface area contributed by atoms with Crippen LogP contribution in [0, 0.1) is 5.82 Å². The fourth-order valence-electron chi connectivity index (χ4n) is 3.28. The van der Waals surface area contributed by atoms with E-state index in [0.29, 0.717) is 18.7 Å². The summed E-state index contributed by atoms with van der Waals surface area (Å²) in [6, 6.07) is 15.4. The SMILES string of the molecule is Fc1ccc(CNc2ccc([C@H]3O[C@@H]4CN[C@H]3C4)cc2)cc1. The summed E-state index contributed by atoms with van der Waals surface area (Å²) < 4.78 is 18.9. The molecule has 2 aliphatic rings. The zero-order chi connectivity index (χ0) is 14.9. The molecule has 4 rings (SSSR count). The Morgan fingerprint density at radius 3 is 2.50 bits per heavy atom. The monoisotopic (exact) mass is 298 g/mol. The van der Waals surface area contributed by atoms with Crippen LogP contribution in [0.1, 0.15) is 23.7 Å². The lowest BCUT2D eigenvalue weighted by molar-refractivity contribution is 0.0160. The Labute approximate surface area is 129 Å². The van der Waals surface area contributed by atoms with Crippen molar-refractivity contribution in [2.45, 2.75) is 31.2 Å². The van der Waals surface area contributed by atoms with E-state index in [2.05, 4.69) is 34.9 Å². The number of anilines is 1. The number of nitrogens with one attached hydrogen (secondary N) is 2. The van der Waals surface area contributed by atoms with Crippen molar-refractivity contribution in [3.05, 3.63) is 65.5 Å². The molecule has 0 unspecified atom stereocenters. The van der Waals surface area contributed by atoms with Gasteiger partial charge >= 0.3 is 0 Å². The average molecular weight is 298 g/mol. The summed E-state index contributed by atoms with van der Waals surface area (Å²) in [6.07, 6.45) is 1.69. The first-order valence-electron chi connectivity index (χ1n) is 7.75. The summed E-state index contributed by atoms with van der Waals surface area (Å²) >= 11 is 0. The normalized spacial score (nSPS) is 26.3. The zero-order valence-electron chi connectivity index (χ0n) is 12.3. The van der Waals surface area contributed by atoms with Gasteiger partial charge in [-0.05, 0) is 41.8 Å². The lowest BCUT2D eigenvalue weighted by Crippen LogP contribution is -2.33. The van der Waals surface area contributed by atoms with Crippen LogP contribution in [-0.2, 0) is 11.3 Å². The van der Waals surface area contributed by atoms with Gasteiger partial charge in [-0.3, -0.25) is 0 Å². The Kier molecular flexibility index (Phi) is 3.56. The van der Waals surface area contributed by atoms with Gasteiger partial charge in [0.15, 0.2) is 0 Å². The Balaban J connectivity index is 1.38. The van der Waals surface area contributed by atoms with Crippen LogP contribution in [0.2, 0.25) is 0 Å². The number of hydrogen-bond acceptors (Lipinski definition) is 3. The molecule has 2 bridgehead atoms. The van der Waals surface area contributed by atoms with Crippen LogP contribution < -0.4 is 10.6 Å². The Hall–Kier alpha value is -1.91. The van der Waals surface area contributed by atoms with Crippen molar-refractivity contribution in [3.63, 3.8) is 0 Å². The van der Waals surface area contributed by atoms with Crippen molar-refractivity contribution >= 4 is 5.69 Å². The highest BCUT2D eigenvalue weighted by Gasteiger charge is 2.41. The number of halogens is 1. The fourth-order valence-corrected chi connectivity index (χ4v) is 3.28. The van der Waals surface area contributed by atoms with Crippen molar-refractivity contribution in [3.8, 4) is 0 Å². The molecule has 3 nitrogen and oxygen atoms in total. The number of rotatable bonds is 4. The van der Waals surface area contributed by atoms with Gasteiger partial charge in [0.05, 0.1) is 12.2 Å². The highest BCUT2D eigenvalue weighted by atomic mass is 19.1. The van der Waals surface area contributed by atoms with Gasteiger partial charge in [-0.15, -0.1) is 0 Å². The largest absolute Gasteiger partial charge is 0.381 e. The van der Waals surface area contributed by atoms with E-state index in [1.807, 2.05) is 0 Å². The third-order valence-electron chi connectivity index (χ3n) is 4.48. The van der Waals surface area contributed by atoms with Gasteiger partial charge in [0.1, 0.15) is 5.82 Å². The van der Waals surface area contributed by atoms with Crippen molar-refractivity contribution in [1.82, 2.24) is 5.32 Å². The topological polar surface area (TPSA) is 33.3 Å². The second-order valence-corrected chi connectivity index (χ2v) is 6.03. The molecular formula is C18H19FN2O. The second-order valence-electron chi connectivity index (χ2n) is 6.03. The molecule has 2 N–H and O–H groups in total. The van der Waals surface area contributed by atoms with Crippen LogP contribution in [0.25, 0.3) is 0 Å². The van der Waals surface area contributed by atoms with Gasteiger partial charge in [0.25, 0.3) is 0 Å². The molecule has 114 valence electrons. The molecule has 2 heterocycles. The van der Waals surface area contributed by atoms with Crippen molar-refractivity contribution in [2.24, 2.45) is 0 Å². The standard InChI is InChI=1S/C18H19FN2O/c19-14-5-1-12(2-6-14)10-20-15-7-3-13(4-8-15)18-17-9-16(22-18)11-21-17/h1-8,16-18,20-21H,9-11H2/t16-,17-,18+/m0/s1. The first-order valence-corrected chi connectivity index (χ1v) is 7.75. The molecule has 0 saturated carbocycles. The van der Waals surface area contributed by atoms with Gasteiger partial charge in [0.2, 0.25) is 0 Å². The van der Waals surface area contributed by atoms with Crippen LogP contribution in [0.3, 0.4) is 0 Å². The van der Waals surface area contributed by atoms with E-state index in [1.165, 1.54) is 17.7 Å². The minimum absolute atomic E-state index is 0.185. The van der Waals surface area contributed by atoms with E-state index < -0.39 is 0 Å². The number of ether oxygens (including phenoxy) is 1. The van der Waals surface area contributed by atoms with E-state index in [1.54, 1.807) is 12.1 Å². The van der Waals surface area contributed by atoms with E-state index in [9.17, 15) is 4.39 Å². The zero-order valence-corrected chi connectivity index (χ0v) is 12.3. The molecular weight excluding hydrogens is 279 g/mol. The fraction of sp³-hybridized carbons (Fsp3) is 0.333. The highest BCUT2D eigenvalue weighted by Crippen LogP contribution is 2.37. The molecule has 0 amide bonds. The van der Waals surface area contributed by atoms with Crippen molar-refractivity contribution in [1.29, 1.82) is 0 Å². The summed E-state index contributed by atoms with van der Waals surface area (Å²) in [5.41, 5.74) is 3.35. The quantitative estimate of drug-likeness (QED) is 0.909. The lowest BCUT2D eigenvalue weighted by Gasteiger charge is -2.23. The smallest absolute Gasteiger partial charge is 0.123 e. The molecule has 2 aromatic rings. The van der Waals surface area contributed by atoms with Gasteiger partial charge in [-0.2, -0.15) is 0 Å². The van der Waals surface area contributed by atoms with E-state index in [0.717, 1.165) is 24.2 Å². The first-order chi connectivity index (χ1) is 10.8. The van der Waals surface area contributed by atoms with Gasteiger partial charge in [-0.25, -0.2) is 4.39 Å². The first kappa shape index (κ1) is 13.7. The molecule has 4 heteroatoms. The van der Waals surface area contributed by atoms with Gasteiger partial charge < -0.3 is 15.4 Å². The number of benzene rings is 2. The molecule has 2 aliphatic heterocycles. The lowest BCUT2D eigenvalue weighted by atomic mass is 10.0. The average Bonchev–Trinajstić information content (AvgIpc) is 3.18. The Morgan fingerprint density at radius 2 is 1.86 bits per heavy atom. The maximum absolute atomic E-state index is 12.9. The Bertz CT molecular complexity index is 641. The molecule has 2 saturated heterocycles. The molecule has 0 aliphatic carbocycles. The minimum atomic E-state index is -0.201. The maximum atomic E-state index is 12.9. The van der Waals surface area contributed by atoms with Crippen LogP contribution in [0.5, 0.6) is 0 Å². The van der Waals surface area contributed by atoms with E-state index in [4.69, 9.17) is 4.74 Å². The number of hydrogen-bond donors (Lipinski definition) is 2. The summed E-state index contributed by atoms with van der Waals surface area (Å²) in [4.78, 5) is 0. The predicted molar refractivity (Wildman–Crippen MR) is 84.2 cm³/mol. The summed E-state index contributed by atoms with van der Waals surface area (Å²) in [6.45, 7) is 1.67. The van der Waals surface area contributed by atoms with Crippen LogP contribution in [0.4, 0.5) is 10.1 Å². The molecule has 0 aromatic heterocycles. The maximum Gasteiger partial charge on any atom is 0.123 e. The molecule has 0 spiro atoms. The number of fused-ring (bicyclic) bond motifs is 2. The van der Waals surface area contributed by atoms with E-state index in [-0.39, 0.29) is 11.9 Å². The Morgan fingerprint density at radius 1 is 1.09 bits per heavy atom. The third kappa shape index (κ3) is 2.72. The van der Waals surface area contributed by atoms with Crippen LogP contribution in [0.15, 0.2) is 48.5 Å². The van der Waals surface area contributed by atoms with Crippen LogP contribution >= 0.6 is 0 Å². The molecule has 3 atom stereocenters. The molecule has 2 aromatic carbocycles. The van der Waals surface area contributed by atoms with E-state index >= 15 is 0 Å². The van der Waals surface area contributed by atoms with Crippen molar-refractivity contribution < 1.29 is 9.13 Å². The summed E-state index contributed by atoms with van der Waals surface area (Å²) in [5, 5.41) is 6.85. The predicted octanol–water partition coefficient (Wildman–Crippen LogP) is 3.24. The highest BCUT2D eigenvalue weighted by molar-refractivity contribution is 5.46.